The number of nitrogens with zero attached hydrogens (tertiary/aromatic N) is 1. The molecule has 3 atom stereocenters. The third-order valence-corrected chi connectivity index (χ3v) is 8.86. The minimum atomic E-state index is -0.697. The van der Waals surface area contributed by atoms with Crippen molar-refractivity contribution in [3.63, 3.8) is 0 Å². The van der Waals surface area contributed by atoms with E-state index in [-0.39, 0.29) is 41.9 Å². The highest BCUT2D eigenvalue weighted by molar-refractivity contribution is 5.92. The molecule has 0 aliphatic carbocycles. The predicted octanol–water partition coefficient (Wildman–Crippen LogP) is 3.75. The number of hydrogen-bond donors (Lipinski definition) is 3. The number of carbonyl (C=O) groups is 3. The van der Waals surface area contributed by atoms with Crippen molar-refractivity contribution in [3.05, 3.63) is 77.6 Å². The number of benzene rings is 2. The summed E-state index contributed by atoms with van der Waals surface area (Å²) in [4.78, 5) is 42.3. The lowest BCUT2D eigenvalue weighted by atomic mass is 9.75. The van der Waals surface area contributed by atoms with Crippen LogP contribution in [0.3, 0.4) is 0 Å². The minimum Gasteiger partial charge on any atom is -0.381 e. The first-order chi connectivity index (χ1) is 20.3. The molecule has 42 heavy (non-hydrogen) atoms. The lowest BCUT2D eigenvalue weighted by Crippen LogP contribution is -2.58. The first-order valence-electron chi connectivity index (χ1n) is 15.0. The van der Waals surface area contributed by atoms with E-state index in [0.29, 0.717) is 64.8 Å². The number of amides is 3. The Morgan fingerprint density at radius 1 is 1.10 bits per heavy atom. The Balaban J connectivity index is 1.31. The molecule has 0 aromatic heterocycles. The maximum Gasteiger partial charge on any atom is 0.243 e. The fourth-order valence-corrected chi connectivity index (χ4v) is 6.33. The average Bonchev–Trinajstić information content (AvgIpc) is 2.98. The largest absolute Gasteiger partial charge is 0.381 e. The summed E-state index contributed by atoms with van der Waals surface area (Å²) < 4.78 is 19.8. The molecule has 0 radical (unpaired) electrons. The Kier molecular flexibility index (Phi) is 9.69. The molecule has 8 nitrogen and oxygen atoms in total. The number of allylic oxidation sites excluding steroid dienone is 2. The number of nitrogens with one attached hydrogen (secondary N) is 3. The van der Waals surface area contributed by atoms with Gasteiger partial charge in [0, 0.05) is 38.8 Å². The molecule has 0 bridgehead atoms. The Labute approximate surface area is 247 Å². The number of ether oxygens (including phenoxy) is 1. The van der Waals surface area contributed by atoms with Crippen LogP contribution in [-0.2, 0) is 25.5 Å². The fraction of sp³-hybridized carbons (Fsp3) is 0.485. The maximum atomic E-state index is 14.2. The van der Waals surface area contributed by atoms with Crippen molar-refractivity contribution in [2.24, 2.45) is 11.3 Å². The van der Waals surface area contributed by atoms with Crippen molar-refractivity contribution < 1.29 is 23.5 Å². The van der Waals surface area contributed by atoms with Crippen LogP contribution in [0.1, 0.15) is 43.2 Å². The summed E-state index contributed by atoms with van der Waals surface area (Å²) in [5, 5.41) is 9.09. The molecule has 3 heterocycles. The monoisotopic (exact) mass is 576 g/mol. The topological polar surface area (TPSA) is 99.8 Å². The van der Waals surface area contributed by atoms with Crippen molar-refractivity contribution >= 4 is 23.4 Å². The molecule has 5 rings (SSSR count). The standard InChI is InChI=1S/C33H41FN4O4/c1-23-10-11-26(34)28(19-23)35-30(39)22-38-16-12-27-25(21-38)9-5-6-13-33(14-17-42-18-15-33)32(41)37-29(31(40)36-27)20-24-7-3-2-4-8-24/h2-8,10-11,19,25,27,29H,9,12-18,20-22H2,1H3,(H,35,39)(H,36,40)(H,37,41)/b6-5+/t25-,27+,29-/m1/s1. The third kappa shape index (κ3) is 7.44. The molecule has 224 valence electrons. The number of fused-ring (bicyclic) bond motifs is 1. The molecule has 3 aliphatic heterocycles. The Bertz CT molecular complexity index is 1290. The van der Waals surface area contributed by atoms with Gasteiger partial charge in [-0.1, -0.05) is 48.6 Å². The Morgan fingerprint density at radius 3 is 2.67 bits per heavy atom. The second-order valence-electron chi connectivity index (χ2n) is 12.0. The second kappa shape index (κ2) is 13.6. The van der Waals surface area contributed by atoms with Crippen LogP contribution >= 0.6 is 0 Å². The summed E-state index contributed by atoms with van der Waals surface area (Å²) in [7, 11) is 0. The molecule has 3 N–H and O–H groups in total. The lowest BCUT2D eigenvalue weighted by Gasteiger charge is -2.40. The van der Waals surface area contributed by atoms with Crippen molar-refractivity contribution in [1.29, 1.82) is 0 Å². The number of rotatable bonds is 5. The third-order valence-electron chi connectivity index (χ3n) is 8.86. The van der Waals surface area contributed by atoms with Crippen molar-refractivity contribution in [2.45, 2.75) is 57.5 Å². The van der Waals surface area contributed by atoms with E-state index >= 15 is 0 Å². The number of likely N-dealkylation sites (tertiary alicyclic amines) is 1. The molecule has 9 heteroatoms. The van der Waals surface area contributed by atoms with Crippen LogP contribution in [0.4, 0.5) is 10.1 Å². The summed E-state index contributed by atoms with van der Waals surface area (Å²) in [5.41, 5.74) is 1.43. The molecule has 2 fully saturated rings. The normalized spacial score (nSPS) is 25.7. The van der Waals surface area contributed by atoms with Gasteiger partial charge in [0.15, 0.2) is 0 Å². The molecule has 3 aliphatic rings. The number of hydrogen-bond acceptors (Lipinski definition) is 5. The van der Waals surface area contributed by atoms with Gasteiger partial charge < -0.3 is 20.7 Å². The molecule has 2 saturated heterocycles. The van der Waals surface area contributed by atoms with Crippen LogP contribution in [0.2, 0.25) is 0 Å². The summed E-state index contributed by atoms with van der Waals surface area (Å²) >= 11 is 0. The zero-order chi connectivity index (χ0) is 29.5. The highest BCUT2D eigenvalue weighted by atomic mass is 19.1. The number of aryl methyl sites for hydroxylation is 1. The molecule has 0 unspecified atom stereocenters. The minimum absolute atomic E-state index is 0.0839. The first-order valence-corrected chi connectivity index (χ1v) is 15.0. The van der Waals surface area contributed by atoms with E-state index in [1.807, 2.05) is 37.3 Å². The van der Waals surface area contributed by atoms with Crippen LogP contribution in [0.25, 0.3) is 0 Å². The molecular weight excluding hydrogens is 535 g/mol. The van der Waals surface area contributed by atoms with E-state index in [0.717, 1.165) is 11.1 Å². The van der Waals surface area contributed by atoms with Crippen LogP contribution in [0.5, 0.6) is 0 Å². The Hall–Kier alpha value is -3.56. The van der Waals surface area contributed by atoms with Gasteiger partial charge in [-0.15, -0.1) is 0 Å². The van der Waals surface area contributed by atoms with Gasteiger partial charge in [0.2, 0.25) is 17.7 Å². The molecule has 0 saturated carbocycles. The predicted molar refractivity (Wildman–Crippen MR) is 159 cm³/mol. The van der Waals surface area contributed by atoms with Gasteiger partial charge in [-0.25, -0.2) is 4.39 Å². The van der Waals surface area contributed by atoms with Crippen LogP contribution in [0.15, 0.2) is 60.7 Å². The zero-order valence-electron chi connectivity index (χ0n) is 24.2. The van der Waals surface area contributed by atoms with Crippen LogP contribution < -0.4 is 16.0 Å². The number of piperidine rings is 1. The van der Waals surface area contributed by atoms with Gasteiger partial charge in [0.05, 0.1) is 17.6 Å². The van der Waals surface area contributed by atoms with E-state index in [1.54, 1.807) is 12.1 Å². The van der Waals surface area contributed by atoms with Gasteiger partial charge in [0.25, 0.3) is 0 Å². The van der Waals surface area contributed by atoms with E-state index in [1.165, 1.54) is 6.07 Å². The van der Waals surface area contributed by atoms with Gasteiger partial charge in [-0.2, -0.15) is 0 Å². The number of carbonyl (C=O) groups excluding carboxylic acids is 3. The van der Waals surface area contributed by atoms with E-state index in [2.05, 4.69) is 33.0 Å². The van der Waals surface area contributed by atoms with Gasteiger partial charge >= 0.3 is 0 Å². The van der Waals surface area contributed by atoms with Gasteiger partial charge in [-0.05, 0) is 68.2 Å². The average molecular weight is 577 g/mol. The Morgan fingerprint density at radius 2 is 1.88 bits per heavy atom. The summed E-state index contributed by atoms with van der Waals surface area (Å²) in [6.07, 6.45) is 7.82. The second-order valence-corrected chi connectivity index (χ2v) is 12.0. The molecule has 2 aromatic rings. The quantitative estimate of drug-likeness (QED) is 0.471. The van der Waals surface area contributed by atoms with E-state index in [4.69, 9.17) is 4.74 Å². The van der Waals surface area contributed by atoms with Crippen molar-refractivity contribution in [2.75, 3.05) is 38.2 Å². The molecular formula is C33H41FN4O4. The highest BCUT2D eigenvalue weighted by Crippen LogP contribution is 2.36. The van der Waals surface area contributed by atoms with Gasteiger partial charge in [-0.3, -0.25) is 19.3 Å². The molecule has 2 aromatic carbocycles. The fourth-order valence-electron chi connectivity index (χ4n) is 6.33. The molecule has 3 amide bonds. The van der Waals surface area contributed by atoms with Crippen LogP contribution in [0, 0.1) is 24.1 Å². The van der Waals surface area contributed by atoms with E-state index < -0.39 is 17.3 Å². The summed E-state index contributed by atoms with van der Waals surface area (Å²) in [6, 6.07) is 13.6. The smallest absolute Gasteiger partial charge is 0.243 e. The highest BCUT2D eigenvalue weighted by Gasteiger charge is 2.41. The van der Waals surface area contributed by atoms with E-state index in [9.17, 15) is 18.8 Å². The summed E-state index contributed by atoms with van der Waals surface area (Å²) in [6.45, 7) is 4.27. The van der Waals surface area contributed by atoms with Gasteiger partial charge in [0.1, 0.15) is 11.9 Å². The summed E-state index contributed by atoms with van der Waals surface area (Å²) in [5.74, 6) is -0.915. The SMILES string of the molecule is Cc1ccc(F)c(NC(=O)CN2CC[C@@H]3NC(=O)[C@@H](Cc4ccccc4)NC(=O)C4(C/C=C/C[C@@H]3C2)CCOCC4)c1. The zero-order valence-corrected chi connectivity index (χ0v) is 24.2. The number of halogens is 1. The maximum absolute atomic E-state index is 14.2. The number of anilines is 1. The van der Waals surface area contributed by atoms with Crippen molar-refractivity contribution in [1.82, 2.24) is 15.5 Å². The van der Waals surface area contributed by atoms with Crippen LogP contribution in [-0.4, -0.2) is 67.6 Å². The molecule has 1 spiro atoms. The first kappa shape index (κ1) is 29.9. The lowest BCUT2D eigenvalue weighted by molar-refractivity contribution is -0.140. The van der Waals surface area contributed by atoms with Crippen molar-refractivity contribution in [3.8, 4) is 0 Å².